The summed E-state index contributed by atoms with van der Waals surface area (Å²) in [6.07, 6.45) is 0.308. The largest absolute Gasteiger partial charge is 0.368 e. The maximum Gasteiger partial charge on any atom is 0.251 e. The van der Waals surface area contributed by atoms with E-state index in [2.05, 4.69) is 5.32 Å². The molecule has 26 heavy (non-hydrogen) atoms. The molecule has 0 aliphatic carbocycles. The highest BCUT2D eigenvalue weighted by Crippen LogP contribution is 2.17. The van der Waals surface area contributed by atoms with Gasteiger partial charge < -0.3 is 11.1 Å². The first kappa shape index (κ1) is 17.2. The predicted octanol–water partition coefficient (Wildman–Crippen LogP) is 2.54. The number of carbonyl (C=O) groups excluding carboxylic acids is 2. The van der Waals surface area contributed by atoms with E-state index in [1.165, 1.54) is 0 Å². The van der Waals surface area contributed by atoms with Crippen molar-refractivity contribution < 1.29 is 9.59 Å². The molecule has 0 unspecified atom stereocenters. The first-order valence-corrected chi connectivity index (χ1v) is 8.15. The number of carbonyl (C=O) groups is 2. The monoisotopic (exact) mass is 343 g/mol. The molecule has 0 fully saturated rings. The third kappa shape index (κ3) is 3.87. The van der Waals surface area contributed by atoms with Crippen LogP contribution in [0.1, 0.15) is 21.5 Å². The number of benzene rings is 3. The second-order valence-electron chi connectivity index (χ2n) is 6.00. The Bertz CT molecular complexity index is 1000. The molecule has 1 atom stereocenters. The van der Waals surface area contributed by atoms with Crippen LogP contribution in [0.15, 0.2) is 66.7 Å². The number of amides is 2. The maximum atomic E-state index is 12.4. The SMILES string of the molecule is N#Cc1ccc(C(=O)N[C@@H](Cc2ccc3ccccc3c2)C(N)=O)cc1. The van der Waals surface area contributed by atoms with Gasteiger partial charge in [-0.25, -0.2) is 0 Å². The standard InChI is InChI=1S/C21H17N3O2/c22-13-14-5-9-17(10-6-14)21(26)24-19(20(23)25)12-15-7-8-16-3-1-2-4-18(16)11-15/h1-11,19H,12H2,(H2,23,25)(H,24,26)/t19-/m0/s1. The number of nitriles is 1. The van der Waals surface area contributed by atoms with Crippen LogP contribution in [0.4, 0.5) is 0 Å². The highest BCUT2D eigenvalue weighted by atomic mass is 16.2. The fourth-order valence-corrected chi connectivity index (χ4v) is 2.76. The van der Waals surface area contributed by atoms with Crippen LogP contribution in [0, 0.1) is 11.3 Å². The molecule has 0 radical (unpaired) electrons. The Hall–Kier alpha value is -3.65. The summed E-state index contributed by atoms with van der Waals surface area (Å²) in [6.45, 7) is 0. The number of hydrogen-bond acceptors (Lipinski definition) is 3. The average Bonchev–Trinajstić information content (AvgIpc) is 2.67. The van der Waals surface area contributed by atoms with Gasteiger partial charge in [-0.2, -0.15) is 5.26 Å². The van der Waals surface area contributed by atoms with E-state index in [9.17, 15) is 9.59 Å². The van der Waals surface area contributed by atoms with Crippen LogP contribution in [0.25, 0.3) is 10.8 Å². The summed E-state index contributed by atoms with van der Waals surface area (Å²) in [6, 6.07) is 21.2. The molecule has 0 aromatic heterocycles. The Morgan fingerprint density at radius 3 is 2.35 bits per heavy atom. The molecule has 0 heterocycles. The molecule has 0 aliphatic rings. The summed E-state index contributed by atoms with van der Waals surface area (Å²) in [5.74, 6) is -1.00. The van der Waals surface area contributed by atoms with Crippen molar-refractivity contribution in [3.05, 3.63) is 83.4 Å². The van der Waals surface area contributed by atoms with Crippen molar-refractivity contribution in [2.24, 2.45) is 5.73 Å². The topological polar surface area (TPSA) is 96.0 Å². The number of nitrogens with two attached hydrogens (primary N) is 1. The van der Waals surface area contributed by atoms with Crippen LogP contribution in [-0.2, 0) is 11.2 Å². The van der Waals surface area contributed by atoms with E-state index in [1.54, 1.807) is 24.3 Å². The Labute approximate surface area is 151 Å². The number of hydrogen-bond donors (Lipinski definition) is 2. The van der Waals surface area contributed by atoms with Crippen LogP contribution < -0.4 is 11.1 Å². The lowest BCUT2D eigenvalue weighted by Gasteiger charge is -2.16. The van der Waals surface area contributed by atoms with Crippen LogP contribution in [-0.4, -0.2) is 17.9 Å². The van der Waals surface area contributed by atoms with Gasteiger partial charge in [0.15, 0.2) is 0 Å². The summed E-state index contributed by atoms with van der Waals surface area (Å²) in [4.78, 5) is 24.2. The summed E-state index contributed by atoms with van der Waals surface area (Å²) in [5.41, 5.74) is 7.21. The molecule has 3 aromatic rings. The minimum Gasteiger partial charge on any atom is -0.368 e. The van der Waals surface area contributed by atoms with Gasteiger partial charge in [-0.15, -0.1) is 0 Å². The highest BCUT2D eigenvalue weighted by molar-refractivity contribution is 5.97. The second kappa shape index (κ2) is 7.49. The fraction of sp³-hybridized carbons (Fsp3) is 0.0952. The number of fused-ring (bicyclic) bond motifs is 1. The van der Waals surface area contributed by atoms with Gasteiger partial charge in [-0.05, 0) is 40.6 Å². The summed E-state index contributed by atoms with van der Waals surface area (Å²) >= 11 is 0. The van der Waals surface area contributed by atoms with E-state index in [-0.39, 0.29) is 0 Å². The highest BCUT2D eigenvalue weighted by Gasteiger charge is 2.19. The average molecular weight is 343 g/mol. The van der Waals surface area contributed by atoms with E-state index in [4.69, 9.17) is 11.0 Å². The molecular weight excluding hydrogens is 326 g/mol. The number of nitrogens with one attached hydrogen (secondary N) is 1. The Morgan fingerprint density at radius 1 is 1.00 bits per heavy atom. The Balaban J connectivity index is 1.76. The van der Waals surface area contributed by atoms with Crippen molar-refractivity contribution >= 4 is 22.6 Å². The van der Waals surface area contributed by atoms with Crippen molar-refractivity contribution in [3.63, 3.8) is 0 Å². The van der Waals surface area contributed by atoms with Gasteiger partial charge in [0.1, 0.15) is 6.04 Å². The van der Waals surface area contributed by atoms with Crippen LogP contribution >= 0.6 is 0 Å². The van der Waals surface area contributed by atoms with Gasteiger partial charge in [0.05, 0.1) is 11.6 Å². The van der Waals surface area contributed by atoms with E-state index in [0.717, 1.165) is 16.3 Å². The summed E-state index contributed by atoms with van der Waals surface area (Å²) in [5, 5.41) is 13.7. The molecule has 0 bridgehead atoms. The van der Waals surface area contributed by atoms with E-state index in [0.29, 0.717) is 17.5 Å². The molecular formula is C21H17N3O2. The van der Waals surface area contributed by atoms with Gasteiger partial charge in [-0.1, -0.05) is 42.5 Å². The van der Waals surface area contributed by atoms with Gasteiger partial charge >= 0.3 is 0 Å². The summed E-state index contributed by atoms with van der Waals surface area (Å²) < 4.78 is 0. The van der Waals surface area contributed by atoms with Crippen molar-refractivity contribution in [2.45, 2.75) is 12.5 Å². The van der Waals surface area contributed by atoms with Crippen molar-refractivity contribution in [1.29, 1.82) is 5.26 Å². The second-order valence-corrected chi connectivity index (χ2v) is 6.00. The summed E-state index contributed by atoms with van der Waals surface area (Å²) in [7, 11) is 0. The van der Waals surface area contributed by atoms with Crippen molar-refractivity contribution in [3.8, 4) is 6.07 Å². The zero-order chi connectivity index (χ0) is 18.5. The zero-order valence-corrected chi connectivity index (χ0v) is 14.0. The molecule has 3 aromatic carbocycles. The smallest absolute Gasteiger partial charge is 0.251 e. The molecule has 3 rings (SSSR count). The van der Waals surface area contributed by atoms with E-state index >= 15 is 0 Å². The molecule has 0 spiro atoms. The van der Waals surface area contributed by atoms with Gasteiger partial charge in [-0.3, -0.25) is 9.59 Å². The molecule has 0 aliphatic heterocycles. The van der Waals surface area contributed by atoms with Crippen molar-refractivity contribution in [2.75, 3.05) is 0 Å². The van der Waals surface area contributed by atoms with Crippen molar-refractivity contribution in [1.82, 2.24) is 5.32 Å². The third-order valence-electron chi connectivity index (χ3n) is 4.18. The van der Waals surface area contributed by atoms with E-state index < -0.39 is 17.9 Å². The Morgan fingerprint density at radius 2 is 1.69 bits per heavy atom. The molecule has 5 nitrogen and oxygen atoms in total. The number of nitrogens with zero attached hydrogens (tertiary/aromatic N) is 1. The molecule has 128 valence electrons. The Kier molecular flexibility index (Phi) is 4.95. The fourth-order valence-electron chi connectivity index (χ4n) is 2.76. The molecule has 3 N–H and O–H groups in total. The van der Waals surface area contributed by atoms with Crippen LogP contribution in [0.2, 0.25) is 0 Å². The van der Waals surface area contributed by atoms with Crippen LogP contribution in [0.5, 0.6) is 0 Å². The number of rotatable bonds is 5. The molecule has 5 heteroatoms. The first-order valence-electron chi connectivity index (χ1n) is 8.15. The third-order valence-corrected chi connectivity index (χ3v) is 4.18. The first-order chi connectivity index (χ1) is 12.6. The lowest BCUT2D eigenvalue weighted by molar-refractivity contribution is -0.119. The van der Waals surface area contributed by atoms with E-state index in [1.807, 2.05) is 48.5 Å². The van der Waals surface area contributed by atoms with Gasteiger partial charge in [0, 0.05) is 12.0 Å². The normalized spacial score (nSPS) is 11.5. The molecule has 0 saturated heterocycles. The minimum atomic E-state index is -0.820. The van der Waals surface area contributed by atoms with Crippen LogP contribution in [0.3, 0.4) is 0 Å². The minimum absolute atomic E-state index is 0.308. The lowest BCUT2D eigenvalue weighted by atomic mass is 10.0. The molecule has 0 saturated carbocycles. The predicted molar refractivity (Wildman–Crippen MR) is 99.3 cm³/mol. The quantitative estimate of drug-likeness (QED) is 0.745. The maximum absolute atomic E-state index is 12.4. The molecule has 2 amide bonds. The number of primary amides is 1. The van der Waals surface area contributed by atoms with Gasteiger partial charge in [0.2, 0.25) is 5.91 Å². The zero-order valence-electron chi connectivity index (χ0n) is 14.0. The lowest BCUT2D eigenvalue weighted by Crippen LogP contribution is -2.45. The van der Waals surface area contributed by atoms with Gasteiger partial charge in [0.25, 0.3) is 5.91 Å².